The van der Waals surface area contributed by atoms with Crippen LogP contribution in [0.4, 0.5) is 0 Å². The summed E-state index contributed by atoms with van der Waals surface area (Å²) in [5.41, 5.74) is 6.30. The van der Waals surface area contributed by atoms with Gasteiger partial charge in [-0.1, -0.05) is 0 Å². The van der Waals surface area contributed by atoms with E-state index in [1.165, 1.54) is 25.9 Å². The summed E-state index contributed by atoms with van der Waals surface area (Å²) in [6, 6.07) is 0. The summed E-state index contributed by atoms with van der Waals surface area (Å²) in [6.07, 6.45) is 2.79. The molecule has 2 unspecified atom stereocenters. The molecule has 1 heterocycles. The standard InChI is InChI=1S/C8H16N2/c1-10-3-2-8(6-10)4-7(8)5-9/h7H,2-6,9H2,1H3. The average Bonchev–Trinajstić information content (AvgIpc) is 2.46. The van der Waals surface area contributed by atoms with Gasteiger partial charge in [-0.3, -0.25) is 0 Å². The Morgan fingerprint density at radius 1 is 1.70 bits per heavy atom. The minimum absolute atomic E-state index is 0.684. The van der Waals surface area contributed by atoms with Gasteiger partial charge in [0.15, 0.2) is 0 Å². The van der Waals surface area contributed by atoms with E-state index >= 15 is 0 Å². The van der Waals surface area contributed by atoms with Crippen molar-refractivity contribution in [3.05, 3.63) is 0 Å². The Morgan fingerprint density at radius 3 is 2.90 bits per heavy atom. The molecule has 0 aromatic rings. The van der Waals surface area contributed by atoms with E-state index < -0.39 is 0 Å². The molecule has 2 nitrogen and oxygen atoms in total. The molecule has 2 atom stereocenters. The van der Waals surface area contributed by atoms with Gasteiger partial charge in [-0.2, -0.15) is 0 Å². The van der Waals surface area contributed by atoms with E-state index in [0.29, 0.717) is 5.41 Å². The van der Waals surface area contributed by atoms with Gasteiger partial charge in [-0.05, 0) is 44.3 Å². The first kappa shape index (κ1) is 6.62. The van der Waals surface area contributed by atoms with Crippen LogP contribution in [0.25, 0.3) is 0 Å². The normalized spacial score (nSPS) is 46.8. The molecule has 10 heavy (non-hydrogen) atoms. The van der Waals surface area contributed by atoms with Gasteiger partial charge in [0.1, 0.15) is 0 Å². The molecule has 2 fully saturated rings. The first-order valence-electron chi connectivity index (χ1n) is 4.15. The summed E-state index contributed by atoms with van der Waals surface area (Å²) in [6.45, 7) is 3.50. The van der Waals surface area contributed by atoms with Gasteiger partial charge >= 0.3 is 0 Å². The van der Waals surface area contributed by atoms with Crippen LogP contribution in [0.1, 0.15) is 12.8 Å². The maximum Gasteiger partial charge on any atom is 0.00387 e. The molecule has 0 radical (unpaired) electrons. The van der Waals surface area contributed by atoms with Crippen molar-refractivity contribution in [2.24, 2.45) is 17.1 Å². The van der Waals surface area contributed by atoms with Gasteiger partial charge in [0.25, 0.3) is 0 Å². The zero-order chi connectivity index (χ0) is 7.19. The summed E-state index contributed by atoms with van der Waals surface area (Å²) in [5.74, 6) is 0.859. The summed E-state index contributed by atoms with van der Waals surface area (Å²) in [4.78, 5) is 2.43. The molecule has 1 saturated heterocycles. The molecule has 0 bridgehead atoms. The second-order valence-corrected chi connectivity index (χ2v) is 3.99. The van der Waals surface area contributed by atoms with Crippen LogP contribution in [0.3, 0.4) is 0 Å². The van der Waals surface area contributed by atoms with Crippen LogP contribution in [0.2, 0.25) is 0 Å². The van der Waals surface area contributed by atoms with Crippen molar-refractivity contribution < 1.29 is 0 Å². The zero-order valence-corrected chi connectivity index (χ0v) is 6.64. The largest absolute Gasteiger partial charge is 0.330 e. The molecule has 2 N–H and O–H groups in total. The van der Waals surface area contributed by atoms with E-state index in [-0.39, 0.29) is 0 Å². The van der Waals surface area contributed by atoms with Crippen LogP contribution in [0.15, 0.2) is 0 Å². The summed E-state index contributed by atoms with van der Waals surface area (Å²) >= 11 is 0. The third-order valence-electron chi connectivity index (χ3n) is 3.22. The number of likely N-dealkylation sites (tertiary alicyclic amines) is 1. The minimum Gasteiger partial charge on any atom is -0.330 e. The smallest absolute Gasteiger partial charge is 0.00387 e. The summed E-state index contributed by atoms with van der Waals surface area (Å²) < 4.78 is 0. The highest BCUT2D eigenvalue weighted by molar-refractivity contribution is 5.07. The molecule has 0 aromatic carbocycles. The van der Waals surface area contributed by atoms with Crippen molar-refractivity contribution in [3.63, 3.8) is 0 Å². The Morgan fingerprint density at radius 2 is 2.50 bits per heavy atom. The average molecular weight is 140 g/mol. The highest BCUT2D eigenvalue weighted by Gasteiger charge is 2.55. The van der Waals surface area contributed by atoms with Crippen LogP contribution in [0.5, 0.6) is 0 Å². The van der Waals surface area contributed by atoms with Gasteiger partial charge < -0.3 is 10.6 Å². The molecule has 2 rings (SSSR count). The van der Waals surface area contributed by atoms with Crippen molar-refractivity contribution in [1.82, 2.24) is 4.90 Å². The predicted octanol–water partition coefficient (Wildman–Crippen LogP) is 0.287. The fourth-order valence-electron chi connectivity index (χ4n) is 2.37. The van der Waals surface area contributed by atoms with Crippen molar-refractivity contribution in [3.8, 4) is 0 Å². The van der Waals surface area contributed by atoms with Crippen LogP contribution in [-0.4, -0.2) is 31.6 Å². The zero-order valence-electron chi connectivity index (χ0n) is 6.64. The summed E-state index contributed by atoms with van der Waals surface area (Å²) in [7, 11) is 2.21. The quantitative estimate of drug-likeness (QED) is 0.567. The third-order valence-corrected chi connectivity index (χ3v) is 3.22. The monoisotopic (exact) mass is 140 g/mol. The molecule has 1 spiro atoms. The highest BCUT2D eigenvalue weighted by Crippen LogP contribution is 2.57. The number of nitrogens with zero attached hydrogens (tertiary/aromatic N) is 1. The van der Waals surface area contributed by atoms with Crippen LogP contribution >= 0.6 is 0 Å². The number of hydrogen-bond donors (Lipinski definition) is 1. The Hall–Kier alpha value is -0.0800. The Balaban J connectivity index is 1.96. The summed E-state index contributed by atoms with van der Waals surface area (Å²) in [5, 5.41) is 0. The van der Waals surface area contributed by atoms with E-state index in [0.717, 1.165) is 12.5 Å². The lowest BCUT2D eigenvalue weighted by atomic mass is 10.0. The van der Waals surface area contributed by atoms with Gasteiger partial charge in [0.05, 0.1) is 0 Å². The maximum absolute atomic E-state index is 5.62. The highest BCUT2D eigenvalue weighted by atomic mass is 15.1. The fourth-order valence-corrected chi connectivity index (χ4v) is 2.37. The second-order valence-electron chi connectivity index (χ2n) is 3.99. The number of hydrogen-bond acceptors (Lipinski definition) is 2. The SMILES string of the molecule is CN1CCC2(CC2CN)C1. The van der Waals surface area contributed by atoms with Crippen molar-refractivity contribution >= 4 is 0 Å². The molecule has 0 amide bonds. The van der Waals surface area contributed by atoms with Gasteiger partial charge in [0.2, 0.25) is 0 Å². The van der Waals surface area contributed by atoms with E-state index in [4.69, 9.17) is 5.73 Å². The molecule has 1 aliphatic carbocycles. The van der Waals surface area contributed by atoms with Crippen molar-refractivity contribution in [2.75, 3.05) is 26.7 Å². The molecular weight excluding hydrogens is 124 g/mol. The van der Waals surface area contributed by atoms with E-state index in [1.807, 2.05) is 0 Å². The third kappa shape index (κ3) is 0.789. The molecule has 58 valence electrons. The van der Waals surface area contributed by atoms with E-state index in [1.54, 1.807) is 0 Å². The minimum atomic E-state index is 0.684. The molecule has 2 aliphatic rings. The molecular formula is C8H16N2. The molecule has 2 heteroatoms. The number of nitrogens with two attached hydrogens (primary N) is 1. The van der Waals surface area contributed by atoms with Crippen molar-refractivity contribution in [1.29, 1.82) is 0 Å². The van der Waals surface area contributed by atoms with E-state index in [2.05, 4.69) is 11.9 Å². The van der Waals surface area contributed by atoms with Gasteiger partial charge in [-0.15, -0.1) is 0 Å². The lowest BCUT2D eigenvalue weighted by Gasteiger charge is -2.08. The Bertz CT molecular complexity index is 146. The molecule has 1 saturated carbocycles. The predicted molar refractivity (Wildman–Crippen MR) is 41.7 cm³/mol. The van der Waals surface area contributed by atoms with Crippen molar-refractivity contribution in [2.45, 2.75) is 12.8 Å². The first-order valence-corrected chi connectivity index (χ1v) is 4.15. The second kappa shape index (κ2) is 1.95. The van der Waals surface area contributed by atoms with Crippen LogP contribution < -0.4 is 5.73 Å². The first-order chi connectivity index (χ1) is 4.77. The van der Waals surface area contributed by atoms with Gasteiger partial charge in [0, 0.05) is 6.54 Å². The van der Waals surface area contributed by atoms with Crippen LogP contribution in [0, 0.1) is 11.3 Å². The fraction of sp³-hybridized carbons (Fsp3) is 1.00. The topological polar surface area (TPSA) is 29.3 Å². The number of rotatable bonds is 1. The van der Waals surface area contributed by atoms with E-state index in [9.17, 15) is 0 Å². The van der Waals surface area contributed by atoms with Crippen LogP contribution in [-0.2, 0) is 0 Å². The Labute approximate surface area is 62.4 Å². The van der Waals surface area contributed by atoms with Gasteiger partial charge in [-0.25, -0.2) is 0 Å². The lowest BCUT2D eigenvalue weighted by Crippen LogP contribution is -2.17. The lowest BCUT2D eigenvalue weighted by molar-refractivity contribution is 0.377. The maximum atomic E-state index is 5.62. The molecule has 1 aliphatic heterocycles. The molecule has 0 aromatic heterocycles. The Kier molecular flexibility index (Phi) is 1.29.